The van der Waals surface area contributed by atoms with Gasteiger partial charge in [-0.1, -0.05) is 12.1 Å². The molecule has 0 spiro atoms. The van der Waals surface area contributed by atoms with Gasteiger partial charge in [0.15, 0.2) is 11.6 Å². The number of nitrogens with zero attached hydrogens (tertiary/aromatic N) is 5. The van der Waals surface area contributed by atoms with Gasteiger partial charge in [-0.05, 0) is 6.07 Å². The molecule has 1 saturated heterocycles. The van der Waals surface area contributed by atoms with Crippen LogP contribution in [0.15, 0.2) is 30.6 Å². The van der Waals surface area contributed by atoms with Crippen molar-refractivity contribution in [2.75, 3.05) is 35.5 Å². The number of aliphatic hydroxyl groups is 2. The van der Waals surface area contributed by atoms with Crippen LogP contribution in [0.2, 0.25) is 0 Å². The fourth-order valence-corrected chi connectivity index (χ4v) is 3.70. The van der Waals surface area contributed by atoms with E-state index in [1.54, 1.807) is 23.1 Å². The summed E-state index contributed by atoms with van der Waals surface area (Å²) in [7, 11) is 0. The van der Waals surface area contributed by atoms with Gasteiger partial charge in [0.05, 0.1) is 36.5 Å². The third kappa shape index (κ3) is 3.73. The maximum atomic E-state index is 11.2. The van der Waals surface area contributed by atoms with Crippen molar-refractivity contribution in [3.05, 3.63) is 46.3 Å². The van der Waals surface area contributed by atoms with E-state index in [4.69, 9.17) is 15.2 Å². The Kier molecular flexibility index (Phi) is 5.63. The summed E-state index contributed by atoms with van der Waals surface area (Å²) in [5, 5.41) is 30.6. The van der Waals surface area contributed by atoms with Crippen molar-refractivity contribution in [3.8, 4) is 0 Å². The van der Waals surface area contributed by atoms with E-state index in [-0.39, 0.29) is 31.4 Å². The number of fused-ring (bicyclic) bond motifs is 1. The number of hydrogen-bond donors (Lipinski definition) is 3. The minimum atomic E-state index is -0.786. The molecule has 0 radical (unpaired) electrons. The molecule has 0 saturated carbocycles. The van der Waals surface area contributed by atoms with Gasteiger partial charge in [0, 0.05) is 12.5 Å². The summed E-state index contributed by atoms with van der Waals surface area (Å²) in [6.45, 7) is 0.158. The van der Waals surface area contributed by atoms with E-state index in [1.165, 1.54) is 12.4 Å². The monoisotopic (exact) mass is 418 g/mol. The number of rotatable bonds is 7. The first kappa shape index (κ1) is 20.2. The highest BCUT2D eigenvalue weighted by Crippen LogP contribution is 2.40. The Morgan fingerprint density at radius 2 is 2.17 bits per heavy atom. The van der Waals surface area contributed by atoms with Gasteiger partial charge >= 0.3 is 0 Å². The van der Waals surface area contributed by atoms with E-state index in [9.17, 15) is 20.3 Å². The third-order valence-electron chi connectivity index (χ3n) is 5.17. The normalized spacial score (nSPS) is 23.1. The van der Waals surface area contributed by atoms with Gasteiger partial charge in [-0.2, -0.15) is 0 Å². The summed E-state index contributed by atoms with van der Waals surface area (Å²) < 4.78 is 11.5. The predicted molar refractivity (Wildman–Crippen MR) is 105 cm³/mol. The molecule has 4 N–H and O–H groups in total. The molecule has 0 amide bonds. The molecule has 1 aromatic carbocycles. The number of anilines is 3. The van der Waals surface area contributed by atoms with Crippen molar-refractivity contribution in [3.63, 3.8) is 0 Å². The average molecular weight is 418 g/mol. The molecule has 2 aromatic rings. The van der Waals surface area contributed by atoms with Gasteiger partial charge in [0.25, 0.3) is 5.69 Å². The standard InChI is InChI=1S/C18H22N6O6/c19-17-16-18(21-8-20-17)23(15-5-13(26)14(6-25)30-15)9-22(16)10-29-7-11-3-1-2-4-12(11)24(27)28/h1-4,8,13-15,25-26H,5-7,9-10H2,(H2,19,20,21)/t13?,14-,15-/m1/s1. The number of para-hydroxylation sites is 1. The Morgan fingerprint density at radius 3 is 2.90 bits per heavy atom. The average Bonchev–Trinajstić information content (AvgIpc) is 3.29. The first-order valence-corrected chi connectivity index (χ1v) is 9.36. The number of ether oxygens (including phenoxy) is 2. The van der Waals surface area contributed by atoms with E-state index in [2.05, 4.69) is 9.97 Å². The third-order valence-corrected chi connectivity index (χ3v) is 5.17. The highest BCUT2D eigenvalue weighted by Gasteiger charge is 2.42. The maximum Gasteiger partial charge on any atom is 0.274 e. The molecule has 3 atom stereocenters. The number of nitro benzene ring substituents is 1. The van der Waals surface area contributed by atoms with Crippen LogP contribution >= 0.6 is 0 Å². The topological polar surface area (TPSA) is 160 Å². The van der Waals surface area contributed by atoms with Crippen LogP contribution in [-0.4, -0.2) is 63.5 Å². The van der Waals surface area contributed by atoms with E-state index in [0.29, 0.717) is 30.2 Å². The van der Waals surface area contributed by atoms with E-state index in [1.807, 2.05) is 4.90 Å². The summed E-state index contributed by atoms with van der Waals surface area (Å²) in [6, 6.07) is 6.38. The van der Waals surface area contributed by atoms with E-state index < -0.39 is 23.4 Å². The summed E-state index contributed by atoms with van der Waals surface area (Å²) >= 11 is 0. The highest BCUT2D eigenvalue weighted by molar-refractivity contribution is 5.81. The summed E-state index contributed by atoms with van der Waals surface area (Å²) in [5.41, 5.74) is 7.07. The number of benzene rings is 1. The van der Waals surface area contributed by atoms with Crippen molar-refractivity contribution in [2.45, 2.75) is 31.5 Å². The van der Waals surface area contributed by atoms with Crippen LogP contribution in [0, 0.1) is 10.1 Å². The van der Waals surface area contributed by atoms with Crippen LogP contribution in [0.1, 0.15) is 12.0 Å². The Morgan fingerprint density at radius 1 is 1.37 bits per heavy atom. The van der Waals surface area contributed by atoms with Crippen molar-refractivity contribution in [1.29, 1.82) is 0 Å². The lowest BCUT2D eigenvalue weighted by Crippen LogP contribution is -2.40. The number of aliphatic hydroxyl groups excluding tert-OH is 2. The highest BCUT2D eigenvalue weighted by atomic mass is 16.6. The van der Waals surface area contributed by atoms with Crippen LogP contribution in [0.3, 0.4) is 0 Å². The lowest BCUT2D eigenvalue weighted by atomic mass is 10.2. The van der Waals surface area contributed by atoms with Crippen LogP contribution in [0.5, 0.6) is 0 Å². The van der Waals surface area contributed by atoms with Crippen LogP contribution in [0.4, 0.5) is 23.0 Å². The second-order valence-corrected chi connectivity index (χ2v) is 7.06. The molecule has 12 nitrogen and oxygen atoms in total. The first-order valence-electron chi connectivity index (χ1n) is 9.36. The smallest absolute Gasteiger partial charge is 0.274 e. The van der Waals surface area contributed by atoms with Crippen LogP contribution in [-0.2, 0) is 16.1 Å². The van der Waals surface area contributed by atoms with Gasteiger partial charge in [0.2, 0.25) is 0 Å². The SMILES string of the molecule is Nc1ncnc2c1N(COCc1ccccc1[N+](=O)[O-])CN2[C@H]1CC(O)[C@@H](CO)O1. The molecule has 3 heterocycles. The van der Waals surface area contributed by atoms with E-state index >= 15 is 0 Å². The Balaban J connectivity index is 1.48. The molecule has 12 heteroatoms. The van der Waals surface area contributed by atoms with Crippen LogP contribution in [0.25, 0.3) is 0 Å². The fourth-order valence-electron chi connectivity index (χ4n) is 3.70. The lowest BCUT2D eigenvalue weighted by Gasteiger charge is -2.26. The van der Waals surface area contributed by atoms with Gasteiger partial charge in [0.1, 0.15) is 31.1 Å². The number of nitrogen functional groups attached to an aromatic ring is 1. The minimum Gasteiger partial charge on any atom is -0.394 e. The lowest BCUT2D eigenvalue weighted by molar-refractivity contribution is -0.385. The number of nitro groups is 1. The fraction of sp³-hybridized carbons (Fsp3) is 0.444. The molecule has 160 valence electrons. The molecule has 30 heavy (non-hydrogen) atoms. The summed E-state index contributed by atoms with van der Waals surface area (Å²) in [4.78, 5) is 22.7. The van der Waals surface area contributed by atoms with Gasteiger partial charge in [-0.3, -0.25) is 10.1 Å². The molecular formula is C18H22N6O6. The van der Waals surface area contributed by atoms with Crippen molar-refractivity contribution in [2.24, 2.45) is 0 Å². The Labute approximate surface area is 171 Å². The predicted octanol–water partition coefficient (Wildman–Crippen LogP) is 0.193. The zero-order valence-electron chi connectivity index (χ0n) is 16.0. The zero-order chi connectivity index (χ0) is 21.3. The molecular weight excluding hydrogens is 396 g/mol. The molecule has 0 aliphatic carbocycles. The number of hydrogen-bond acceptors (Lipinski definition) is 11. The molecule has 1 aromatic heterocycles. The largest absolute Gasteiger partial charge is 0.394 e. The van der Waals surface area contributed by atoms with Gasteiger partial charge < -0.3 is 35.2 Å². The Bertz CT molecular complexity index is 930. The summed E-state index contributed by atoms with van der Waals surface area (Å²) in [6.07, 6.45) is -0.300. The molecule has 2 aliphatic heterocycles. The second-order valence-electron chi connectivity index (χ2n) is 7.06. The number of aromatic nitrogens is 2. The molecule has 1 unspecified atom stereocenters. The van der Waals surface area contributed by atoms with Gasteiger partial charge in [-0.15, -0.1) is 0 Å². The second kappa shape index (κ2) is 8.36. The molecule has 1 fully saturated rings. The Hall–Kier alpha value is -3.06. The minimum absolute atomic E-state index is 0.00724. The van der Waals surface area contributed by atoms with Crippen molar-refractivity contribution >= 4 is 23.0 Å². The first-order chi connectivity index (χ1) is 14.5. The summed E-state index contributed by atoms with van der Waals surface area (Å²) in [5.74, 6) is 0.793. The van der Waals surface area contributed by atoms with E-state index in [0.717, 1.165) is 0 Å². The molecule has 2 aliphatic rings. The van der Waals surface area contributed by atoms with Gasteiger partial charge in [-0.25, -0.2) is 9.97 Å². The quantitative estimate of drug-likeness (QED) is 0.416. The van der Waals surface area contributed by atoms with Crippen LogP contribution < -0.4 is 15.5 Å². The zero-order valence-corrected chi connectivity index (χ0v) is 16.0. The number of nitrogens with two attached hydrogens (primary N) is 1. The van der Waals surface area contributed by atoms with Crippen molar-refractivity contribution in [1.82, 2.24) is 9.97 Å². The molecule has 0 bridgehead atoms. The molecule has 4 rings (SSSR count). The van der Waals surface area contributed by atoms with Crippen molar-refractivity contribution < 1.29 is 24.6 Å². The maximum absolute atomic E-state index is 11.2.